The highest BCUT2D eigenvalue weighted by molar-refractivity contribution is 5.76. The third kappa shape index (κ3) is 5.02. The molecule has 1 atom stereocenters. The Hall–Kier alpha value is -2.38. The second-order valence-corrected chi connectivity index (χ2v) is 8.69. The lowest BCUT2D eigenvalue weighted by atomic mass is 9.98. The van der Waals surface area contributed by atoms with E-state index in [9.17, 15) is 4.79 Å². The van der Waals surface area contributed by atoms with E-state index in [1.165, 1.54) is 24.1 Å². The summed E-state index contributed by atoms with van der Waals surface area (Å²) in [6.45, 7) is 4.24. The van der Waals surface area contributed by atoms with E-state index in [1.807, 2.05) is 18.5 Å². The van der Waals surface area contributed by atoms with Crippen LogP contribution in [0.5, 0.6) is 5.75 Å². The Labute approximate surface area is 178 Å². The first-order valence-electron chi connectivity index (χ1n) is 10.7. The van der Waals surface area contributed by atoms with E-state index < -0.39 is 0 Å². The molecule has 1 saturated carbocycles. The Balaban J connectivity index is 1.48. The lowest BCUT2D eigenvalue weighted by Crippen LogP contribution is -2.37. The SMILES string of the molecule is COc1cccc(CN2Cc3ncn(CC4CC4)c3C(COCC(=O)N(C)C)C2)c1. The highest BCUT2D eigenvalue weighted by atomic mass is 16.5. The van der Waals surface area contributed by atoms with E-state index in [4.69, 9.17) is 14.5 Å². The van der Waals surface area contributed by atoms with Crippen molar-refractivity contribution >= 4 is 5.91 Å². The van der Waals surface area contributed by atoms with Crippen LogP contribution in [0.15, 0.2) is 30.6 Å². The molecule has 4 rings (SSSR count). The van der Waals surface area contributed by atoms with Gasteiger partial charge in [0.1, 0.15) is 12.4 Å². The van der Waals surface area contributed by atoms with Crippen molar-refractivity contribution in [3.05, 3.63) is 47.5 Å². The van der Waals surface area contributed by atoms with Crippen LogP contribution in [-0.2, 0) is 29.2 Å². The quantitative estimate of drug-likeness (QED) is 0.633. The molecule has 2 aromatic rings. The van der Waals surface area contributed by atoms with E-state index in [1.54, 1.807) is 26.1 Å². The number of hydrogen-bond donors (Lipinski definition) is 0. The van der Waals surface area contributed by atoms with Gasteiger partial charge in [0.15, 0.2) is 0 Å². The summed E-state index contributed by atoms with van der Waals surface area (Å²) in [5, 5.41) is 0. The second-order valence-electron chi connectivity index (χ2n) is 8.69. The van der Waals surface area contributed by atoms with Crippen LogP contribution in [0.2, 0.25) is 0 Å². The lowest BCUT2D eigenvalue weighted by molar-refractivity contribution is -0.133. The zero-order chi connectivity index (χ0) is 21.1. The maximum atomic E-state index is 11.9. The summed E-state index contributed by atoms with van der Waals surface area (Å²) in [4.78, 5) is 20.7. The number of likely N-dealkylation sites (N-methyl/N-ethyl adjacent to an activating group) is 1. The zero-order valence-electron chi connectivity index (χ0n) is 18.2. The molecule has 162 valence electrons. The molecule has 1 unspecified atom stereocenters. The van der Waals surface area contributed by atoms with E-state index >= 15 is 0 Å². The Morgan fingerprint density at radius 1 is 1.30 bits per heavy atom. The molecule has 0 N–H and O–H groups in total. The molecule has 1 aliphatic carbocycles. The fraction of sp³-hybridized carbons (Fsp3) is 0.565. The first-order valence-corrected chi connectivity index (χ1v) is 10.7. The van der Waals surface area contributed by atoms with Crippen LogP contribution >= 0.6 is 0 Å². The van der Waals surface area contributed by atoms with Crippen molar-refractivity contribution in [3.63, 3.8) is 0 Å². The zero-order valence-corrected chi connectivity index (χ0v) is 18.2. The van der Waals surface area contributed by atoms with Crippen LogP contribution in [0.25, 0.3) is 0 Å². The molecule has 1 aliphatic heterocycles. The third-order valence-electron chi connectivity index (χ3n) is 5.93. The minimum Gasteiger partial charge on any atom is -0.497 e. The summed E-state index contributed by atoms with van der Waals surface area (Å²) in [6.07, 6.45) is 4.62. The van der Waals surface area contributed by atoms with Gasteiger partial charge in [-0.05, 0) is 36.5 Å². The number of benzene rings is 1. The molecule has 30 heavy (non-hydrogen) atoms. The molecule has 0 saturated heterocycles. The summed E-state index contributed by atoms with van der Waals surface area (Å²) in [5.41, 5.74) is 3.65. The fourth-order valence-corrected chi connectivity index (χ4v) is 4.12. The molecule has 7 nitrogen and oxygen atoms in total. The van der Waals surface area contributed by atoms with Crippen molar-refractivity contribution in [1.82, 2.24) is 19.4 Å². The topological polar surface area (TPSA) is 59.8 Å². The van der Waals surface area contributed by atoms with E-state index in [0.717, 1.165) is 43.5 Å². The monoisotopic (exact) mass is 412 g/mol. The molecular weight excluding hydrogens is 380 g/mol. The van der Waals surface area contributed by atoms with E-state index in [-0.39, 0.29) is 18.4 Å². The second kappa shape index (κ2) is 9.18. The van der Waals surface area contributed by atoms with Crippen LogP contribution in [-0.4, -0.2) is 66.2 Å². The molecule has 0 radical (unpaired) electrons. The largest absolute Gasteiger partial charge is 0.497 e. The maximum absolute atomic E-state index is 11.9. The number of ether oxygens (including phenoxy) is 2. The van der Waals surface area contributed by atoms with Gasteiger partial charge in [-0.1, -0.05) is 12.1 Å². The number of methoxy groups -OCH3 is 1. The van der Waals surface area contributed by atoms with Gasteiger partial charge in [-0.25, -0.2) is 4.98 Å². The maximum Gasteiger partial charge on any atom is 0.248 e. The number of fused-ring (bicyclic) bond motifs is 1. The van der Waals surface area contributed by atoms with E-state index in [2.05, 4.69) is 21.6 Å². The Morgan fingerprint density at radius 3 is 2.87 bits per heavy atom. The Morgan fingerprint density at radius 2 is 2.13 bits per heavy atom. The minimum absolute atomic E-state index is 0.00856. The molecular formula is C23H32N4O3. The summed E-state index contributed by atoms with van der Waals surface area (Å²) >= 11 is 0. The fourth-order valence-electron chi connectivity index (χ4n) is 4.12. The van der Waals surface area contributed by atoms with Gasteiger partial charge >= 0.3 is 0 Å². The van der Waals surface area contributed by atoms with Crippen molar-refractivity contribution in [3.8, 4) is 5.75 Å². The van der Waals surface area contributed by atoms with Crippen molar-refractivity contribution in [2.24, 2.45) is 5.92 Å². The minimum atomic E-state index is -0.00856. The molecule has 1 amide bonds. The van der Waals surface area contributed by atoms with Gasteiger partial charge in [0.2, 0.25) is 5.91 Å². The van der Waals surface area contributed by atoms with Gasteiger partial charge in [-0.3, -0.25) is 9.69 Å². The van der Waals surface area contributed by atoms with Crippen molar-refractivity contribution < 1.29 is 14.3 Å². The number of aromatic nitrogens is 2. The van der Waals surface area contributed by atoms with Crippen molar-refractivity contribution in [2.75, 3.05) is 41.0 Å². The van der Waals surface area contributed by atoms with Gasteiger partial charge < -0.3 is 18.9 Å². The normalized spacial score (nSPS) is 18.8. The molecule has 0 bridgehead atoms. The summed E-state index contributed by atoms with van der Waals surface area (Å²) in [7, 11) is 5.21. The van der Waals surface area contributed by atoms with Crippen molar-refractivity contribution in [2.45, 2.75) is 38.4 Å². The molecule has 7 heteroatoms. The number of carbonyl (C=O) groups is 1. The predicted molar refractivity (Wildman–Crippen MR) is 114 cm³/mol. The van der Waals surface area contributed by atoms with Crippen LogP contribution < -0.4 is 4.74 Å². The number of hydrogen-bond acceptors (Lipinski definition) is 5. The number of carbonyl (C=O) groups excluding carboxylic acids is 1. The summed E-state index contributed by atoms with van der Waals surface area (Å²) in [6, 6.07) is 8.21. The average Bonchev–Trinajstić information content (AvgIpc) is 3.46. The number of nitrogens with zero attached hydrogens (tertiary/aromatic N) is 4. The van der Waals surface area contributed by atoms with Crippen LogP contribution in [0.3, 0.4) is 0 Å². The molecule has 1 aromatic heterocycles. The Kier molecular flexibility index (Phi) is 6.39. The Bertz CT molecular complexity index is 875. The van der Waals surface area contributed by atoms with E-state index in [0.29, 0.717) is 6.61 Å². The van der Waals surface area contributed by atoms with Crippen LogP contribution in [0, 0.1) is 5.92 Å². The van der Waals surface area contributed by atoms with Gasteiger partial charge in [0, 0.05) is 51.9 Å². The van der Waals surface area contributed by atoms with Crippen molar-refractivity contribution in [1.29, 1.82) is 0 Å². The number of imidazole rings is 1. The van der Waals surface area contributed by atoms with Crippen LogP contribution in [0.1, 0.15) is 35.7 Å². The third-order valence-corrected chi connectivity index (χ3v) is 5.93. The average molecular weight is 413 g/mol. The number of rotatable bonds is 9. The van der Waals surface area contributed by atoms with Gasteiger partial charge in [-0.2, -0.15) is 0 Å². The van der Waals surface area contributed by atoms with Gasteiger partial charge in [-0.15, -0.1) is 0 Å². The highest BCUT2D eigenvalue weighted by Gasteiger charge is 2.32. The first kappa shape index (κ1) is 20.9. The molecule has 2 heterocycles. The molecule has 1 fully saturated rings. The summed E-state index contributed by atoms with van der Waals surface area (Å²) < 4.78 is 13.6. The molecule has 0 spiro atoms. The predicted octanol–water partition coefficient (Wildman–Crippen LogP) is 2.51. The first-order chi connectivity index (χ1) is 14.5. The summed E-state index contributed by atoms with van der Waals surface area (Å²) in [5.74, 6) is 1.86. The number of amides is 1. The molecule has 2 aliphatic rings. The van der Waals surface area contributed by atoms with Gasteiger partial charge in [0.25, 0.3) is 0 Å². The van der Waals surface area contributed by atoms with Gasteiger partial charge in [0.05, 0.1) is 25.7 Å². The standard InChI is InChI=1S/C23H32N4O3/c1-25(2)22(28)15-30-14-19-12-26(10-18-5-4-6-20(9-18)29-3)13-21-23(19)27(16-24-21)11-17-7-8-17/h4-6,9,16-17,19H,7-8,10-15H2,1-3H3. The van der Waals surface area contributed by atoms with Crippen LogP contribution in [0.4, 0.5) is 0 Å². The molecule has 1 aromatic carbocycles. The highest BCUT2D eigenvalue weighted by Crippen LogP contribution is 2.35. The smallest absolute Gasteiger partial charge is 0.248 e. The lowest BCUT2D eigenvalue weighted by Gasteiger charge is -2.33.